The minimum atomic E-state index is 0.805. The molecule has 1 saturated heterocycles. The number of hydrogen-bond donors (Lipinski definition) is 0. The van der Waals surface area contributed by atoms with Gasteiger partial charge in [-0.05, 0) is 29.8 Å². The number of pyridine rings is 1. The standard InChI is InChI=1S/C20H19N3O/c1-2-17-15-21-9-8-19(17)20(3-1)22-14-16-4-6-18(7-5-16)23-10-12-24-13-11-23/h1-9,14-15H,10-13H2. The maximum atomic E-state index is 5.40. The fourth-order valence-corrected chi connectivity index (χ4v) is 2.95. The van der Waals surface area contributed by atoms with Gasteiger partial charge in [0.15, 0.2) is 0 Å². The number of morpholine rings is 1. The minimum Gasteiger partial charge on any atom is -0.378 e. The molecule has 4 nitrogen and oxygen atoms in total. The summed E-state index contributed by atoms with van der Waals surface area (Å²) in [4.78, 5) is 11.2. The number of anilines is 1. The Kier molecular flexibility index (Phi) is 4.21. The summed E-state index contributed by atoms with van der Waals surface area (Å²) in [6.45, 7) is 3.52. The third-order valence-corrected chi connectivity index (χ3v) is 4.28. The fourth-order valence-electron chi connectivity index (χ4n) is 2.95. The van der Waals surface area contributed by atoms with Crippen molar-refractivity contribution in [2.24, 2.45) is 4.99 Å². The first kappa shape index (κ1) is 14.8. The first-order valence-electron chi connectivity index (χ1n) is 8.20. The molecule has 0 amide bonds. The fraction of sp³-hybridized carbons (Fsp3) is 0.200. The maximum Gasteiger partial charge on any atom is 0.0709 e. The molecule has 2 heterocycles. The summed E-state index contributed by atoms with van der Waals surface area (Å²) < 4.78 is 5.40. The molecule has 1 aliphatic rings. The molecule has 0 bridgehead atoms. The Morgan fingerprint density at radius 2 is 1.83 bits per heavy atom. The number of aliphatic imine (C=N–C) groups is 1. The minimum absolute atomic E-state index is 0.805. The molecule has 24 heavy (non-hydrogen) atoms. The molecule has 1 fully saturated rings. The van der Waals surface area contributed by atoms with Crippen LogP contribution in [0.4, 0.5) is 11.4 Å². The number of rotatable bonds is 3. The van der Waals surface area contributed by atoms with Crippen LogP contribution in [-0.2, 0) is 4.74 Å². The molecule has 3 aromatic rings. The molecule has 0 saturated carbocycles. The largest absolute Gasteiger partial charge is 0.378 e. The van der Waals surface area contributed by atoms with Crippen LogP contribution < -0.4 is 4.90 Å². The molecule has 0 N–H and O–H groups in total. The van der Waals surface area contributed by atoms with E-state index in [1.165, 1.54) is 5.69 Å². The Morgan fingerprint density at radius 3 is 2.67 bits per heavy atom. The second-order valence-corrected chi connectivity index (χ2v) is 5.82. The lowest BCUT2D eigenvalue weighted by Gasteiger charge is -2.28. The molecule has 0 spiro atoms. The van der Waals surface area contributed by atoms with Crippen molar-refractivity contribution in [2.75, 3.05) is 31.2 Å². The van der Waals surface area contributed by atoms with Crippen LogP contribution in [0.1, 0.15) is 5.56 Å². The van der Waals surface area contributed by atoms with Crippen LogP contribution in [0.2, 0.25) is 0 Å². The van der Waals surface area contributed by atoms with Crippen molar-refractivity contribution in [3.63, 3.8) is 0 Å². The zero-order valence-electron chi connectivity index (χ0n) is 13.4. The lowest BCUT2D eigenvalue weighted by Crippen LogP contribution is -2.36. The van der Waals surface area contributed by atoms with Crippen LogP contribution in [0.5, 0.6) is 0 Å². The molecule has 1 aliphatic heterocycles. The Balaban J connectivity index is 1.55. The summed E-state index contributed by atoms with van der Waals surface area (Å²) in [7, 11) is 0. The van der Waals surface area contributed by atoms with Crippen LogP contribution in [0, 0.1) is 0 Å². The van der Waals surface area contributed by atoms with Gasteiger partial charge in [0.2, 0.25) is 0 Å². The Bertz CT molecular complexity index is 847. The highest BCUT2D eigenvalue weighted by Crippen LogP contribution is 2.25. The number of hydrogen-bond acceptors (Lipinski definition) is 4. The van der Waals surface area contributed by atoms with Gasteiger partial charge in [0.05, 0.1) is 18.9 Å². The van der Waals surface area contributed by atoms with E-state index in [-0.39, 0.29) is 0 Å². The van der Waals surface area contributed by atoms with Gasteiger partial charge < -0.3 is 9.64 Å². The van der Waals surface area contributed by atoms with Crippen LogP contribution in [0.25, 0.3) is 10.8 Å². The van der Waals surface area contributed by atoms with Crippen molar-refractivity contribution in [1.82, 2.24) is 4.98 Å². The average Bonchev–Trinajstić information content (AvgIpc) is 2.67. The summed E-state index contributed by atoms with van der Waals surface area (Å²) in [5.74, 6) is 0. The van der Waals surface area contributed by atoms with Crippen molar-refractivity contribution >= 4 is 28.4 Å². The normalized spacial score (nSPS) is 15.2. The molecule has 0 aliphatic carbocycles. The molecule has 1 aromatic heterocycles. The summed E-state index contributed by atoms with van der Waals surface area (Å²) in [5.41, 5.74) is 3.30. The zero-order chi connectivity index (χ0) is 16.2. The number of ether oxygens (including phenoxy) is 1. The van der Waals surface area contributed by atoms with Gasteiger partial charge in [-0.25, -0.2) is 0 Å². The number of nitrogens with zero attached hydrogens (tertiary/aromatic N) is 3. The molecular weight excluding hydrogens is 298 g/mol. The van der Waals surface area contributed by atoms with E-state index in [4.69, 9.17) is 4.74 Å². The van der Waals surface area contributed by atoms with Gasteiger partial charge in [-0.1, -0.05) is 24.3 Å². The van der Waals surface area contributed by atoms with Crippen molar-refractivity contribution in [2.45, 2.75) is 0 Å². The number of benzene rings is 2. The van der Waals surface area contributed by atoms with E-state index < -0.39 is 0 Å². The SMILES string of the molecule is C(=Nc1cccc2cnccc12)c1ccc(N2CCOCC2)cc1. The predicted molar refractivity (Wildman–Crippen MR) is 98.5 cm³/mol. The van der Waals surface area contributed by atoms with Crippen LogP contribution in [-0.4, -0.2) is 37.5 Å². The molecular formula is C20H19N3O. The van der Waals surface area contributed by atoms with E-state index in [2.05, 4.69) is 45.2 Å². The van der Waals surface area contributed by atoms with Gasteiger partial charge >= 0.3 is 0 Å². The second kappa shape index (κ2) is 6.81. The van der Waals surface area contributed by atoms with E-state index in [1.54, 1.807) is 6.20 Å². The highest BCUT2D eigenvalue weighted by atomic mass is 16.5. The van der Waals surface area contributed by atoms with Crippen molar-refractivity contribution < 1.29 is 4.74 Å². The molecule has 4 rings (SSSR count). The molecule has 2 aromatic carbocycles. The van der Waals surface area contributed by atoms with Crippen LogP contribution in [0.15, 0.2) is 65.9 Å². The molecule has 0 unspecified atom stereocenters. The summed E-state index contributed by atoms with van der Waals surface area (Å²) >= 11 is 0. The second-order valence-electron chi connectivity index (χ2n) is 5.82. The number of aromatic nitrogens is 1. The Morgan fingerprint density at radius 1 is 1.00 bits per heavy atom. The third-order valence-electron chi connectivity index (χ3n) is 4.28. The highest BCUT2D eigenvalue weighted by Gasteiger charge is 2.10. The van der Waals surface area contributed by atoms with E-state index in [9.17, 15) is 0 Å². The van der Waals surface area contributed by atoms with Gasteiger partial charge in [-0.15, -0.1) is 0 Å². The van der Waals surface area contributed by atoms with E-state index in [1.807, 2.05) is 30.6 Å². The monoisotopic (exact) mass is 317 g/mol. The number of fused-ring (bicyclic) bond motifs is 1. The zero-order valence-corrected chi connectivity index (χ0v) is 13.4. The summed E-state index contributed by atoms with van der Waals surface area (Å²) in [6.07, 6.45) is 5.59. The van der Waals surface area contributed by atoms with E-state index in [0.29, 0.717) is 0 Å². The van der Waals surface area contributed by atoms with Crippen LogP contribution in [0.3, 0.4) is 0 Å². The van der Waals surface area contributed by atoms with Gasteiger partial charge in [0, 0.05) is 48.2 Å². The highest BCUT2D eigenvalue weighted by molar-refractivity contribution is 5.94. The first-order chi connectivity index (χ1) is 11.9. The van der Waals surface area contributed by atoms with E-state index >= 15 is 0 Å². The third kappa shape index (κ3) is 3.14. The summed E-state index contributed by atoms with van der Waals surface area (Å²) in [6, 6.07) is 16.6. The first-order valence-corrected chi connectivity index (χ1v) is 8.20. The van der Waals surface area contributed by atoms with Gasteiger partial charge in [-0.3, -0.25) is 9.98 Å². The Hall–Kier alpha value is -2.72. The quantitative estimate of drug-likeness (QED) is 0.689. The molecule has 0 radical (unpaired) electrons. The van der Waals surface area contributed by atoms with Gasteiger partial charge in [0.25, 0.3) is 0 Å². The smallest absolute Gasteiger partial charge is 0.0709 e. The van der Waals surface area contributed by atoms with Gasteiger partial charge in [0.1, 0.15) is 0 Å². The molecule has 0 atom stereocenters. The van der Waals surface area contributed by atoms with Crippen LogP contribution >= 0.6 is 0 Å². The molecule has 120 valence electrons. The maximum absolute atomic E-state index is 5.40. The lowest BCUT2D eigenvalue weighted by molar-refractivity contribution is 0.122. The topological polar surface area (TPSA) is 37.7 Å². The molecule has 4 heteroatoms. The van der Waals surface area contributed by atoms with Gasteiger partial charge in [-0.2, -0.15) is 0 Å². The van der Waals surface area contributed by atoms with Crippen molar-refractivity contribution in [3.8, 4) is 0 Å². The Labute approximate surface area is 141 Å². The van der Waals surface area contributed by atoms with E-state index in [0.717, 1.165) is 48.3 Å². The summed E-state index contributed by atoms with van der Waals surface area (Å²) in [5, 5.41) is 2.23. The lowest BCUT2D eigenvalue weighted by atomic mass is 10.1. The van der Waals surface area contributed by atoms with Crippen molar-refractivity contribution in [3.05, 3.63) is 66.5 Å². The van der Waals surface area contributed by atoms with Crippen molar-refractivity contribution in [1.29, 1.82) is 0 Å². The average molecular weight is 317 g/mol. The predicted octanol–water partition coefficient (Wildman–Crippen LogP) is 3.82.